The third-order valence-corrected chi connectivity index (χ3v) is 13.1. The molecule has 0 unspecified atom stereocenters. The van der Waals surface area contributed by atoms with E-state index in [4.69, 9.17) is 18.9 Å². The van der Waals surface area contributed by atoms with Gasteiger partial charge in [0, 0.05) is 12.2 Å². The van der Waals surface area contributed by atoms with Gasteiger partial charge < -0.3 is 24.3 Å². The highest BCUT2D eigenvalue weighted by molar-refractivity contribution is 5.81. The van der Waals surface area contributed by atoms with Crippen molar-refractivity contribution in [1.82, 2.24) is 0 Å². The fourth-order valence-electron chi connectivity index (χ4n) is 10.3. The highest BCUT2D eigenvalue weighted by atomic mass is 16.6. The largest absolute Gasteiger partial charge is 0.491 e. The van der Waals surface area contributed by atoms with Crippen LogP contribution < -0.4 is 10.1 Å². The zero-order valence-electron chi connectivity index (χ0n) is 36.0. The van der Waals surface area contributed by atoms with Crippen molar-refractivity contribution < 1.29 is 23.7 Å². The summed E-state index contributed by atoms with van der Waals surface area (Å²) in [6.07, 6.45) is 16.9. The van der Waals surface area contributed by atoms with Gasteiger partial charge in [0.05, 0.1) is 31.8 Å². The summed E-state index contributed by atoms with van der Waals surface area (Å²) in [4.78, 5) is 13.0. The summed E-state index contributed by atoms with van der Waals surface area (Å²) in [5, 5.41) is 3.74. The fraction of sp³-hybridized carbons (Fsp3) is 0.519. The van der Waals surface area contributed by atoms with Crippen LogP contribution in [-0.2, 0) is 25.5 Å². The monoisotopic (exact) mass is 786 g/mol. The van der Waals surface area contributed by atoms with Crippen molar-refractivity contribution in [3.63, 3.8) is 0 Å². The van der Waals surface area contributed by atoms with Gasteiger partial charge >= 0.3 is 5.97 Å². The lowest BCUT2D eigenvalue weighted by molar-refractivity contribution is -0.173. The van der Waals surface area contributed by atoms with Gasteiger partial charge in [-0.1, -0.05) is 102 Å². The lowest BCUT2D eigenvalue weighted by atomic mass is 9.49. The molecule has 3 aromatic rings. The molecule has 4 bridgehead atoms. The molecule has 0 atom stereocenters. The molecule has 6 nitrogen and oxygen atoms in total. The first-order valence-corrected chi connectivity index (χ1v) is 22.2. The molecular formula is C52H67NO5. The van der Waals surface area contributed by atoms with Crippen molar-refractivity contribution in [2.24, 2.45) is 23.2 Å². The number of hydrogen-bond donors (Lipinski definition) is 1. The summed E-state index contributed by atoms with van der Waals surface area (Å²) < 4.78 is 23.0. The Morgan fingerprint density at radius 2 is 1.26 bits per heavy atom. The molecule has 8 rings (SSSR count). The highest BCUT2D eigenvalue weighted by Gasteiger charge is 2.55. The third-order valence-electron chi connectivity index (χ3n) is 13.1. The van der Waals surface area contributed by atoms with Crippen molar-refractivity contribution in [3.8, 4) is 5.75 Å². The first kappa shape index (κ1) is 42.0. The Balaban J connectivity index is 0.811. The van der Waals surface area contributed by atoms with E-state index in [2.05, 4.69) is 120 Å². The second kappa shape index (κ2) is 19.3. The van der Waals surface area contributed by atoms with E-state index in [0.717, 1.165) is 61.4 Å². The van der Waals surface area contributed by atoms with E-state index in [-0.39, 0.29) is 11.4 Å². The Labute approximate surface area is 348 Å². The lowest BCUT2D eigenvalue weighted by Gasteiger charge is -2.55. The number of rotatable bonds is 19. The van der Waals surface area contributed by atoms with E-state index >= 15 is 0 Å². The second-order valence-electron chi connectivity index (χ2n) is 18.4. The number of ether oxygens (including phenoxy) is 4. The predicted octanol–water partition coefficient (Wildman–Crippen LogP) is 12.3. The van der Waals surface area contributed by atoms with Gasteiger partial charge in [-0.25, -0.2) is 0 Å². The molecule has 5 aliphatic carbocycles. The van der Waals surface area contributed by atoms with Crippen LogP contribution in [0.25, 0.3) is 11.1 Å². The van der Waals surface area contributed by atoms with Gasteiger partial charge in [0.25, 0.3) is 0 Å². The van der Waals surface area contributed by atoms with E-state index in [1.807, 2.05) is 12.1 Å². The minimum Gasteiger partial charge on any atom is -0.491 e. The summed E-state index contributed by atoms with van der Waals surface area (Å²) >= 11 is 0. The van der Waals surface area contributed by atoms with Crippen molar-refractivity contribution in [3.05, 3.63) is 118 Å². The zero-order valence-corrected chi connectivity index (χ0v) is 36.0. The van der Waals surface area contributed by atoms with Gasteiger partial charge in [-0.05, 0) is 149 Å². The second-order valence-corrected chi connectivity index (χ2v) is 18.4. The van der Waals surface area contributed by atoms with E-state index in [0.29, 0.717) is 57.4 Å². The van der Waals surface area contributed by atoms with Crippen LogP contribution in [0.3, 0.4) is 0 Å². The molecule has 310 valence electrons. The summed E-state index contributed by atoms with van der Waals surface area (Å²) in [5.41, 5.74) is 11.6. The standard InChI is InChI=1S/C52H67NO5/c1-35(2)45-29-48(36(3)4)50(49(30-45)37(5)6)34-53-46-16-12-43(13-17-46)41-8-7-9-42(11-10-41)44-14-18-47(19-15-44)57-24-22-55-20-21-56-23-25-58-51(54)52-31-38-26-39(32-52)28-40(27-38)33-52/h7-8,10-19,29-30,35-40,53H,9,20-28,31-34H2,1-6H3. The molecule has 4 saturated carbocycles. The van der Waals surface area contributed by atoms with Crippen LogP contribution in [0, 0.1) is 23.2 Å². The molecule has 5 aliphatic rings. The Bertz CT molecular complexity index is 1870. The van der Waals surface area contributed by atoms with Gasteiger partial charge in [0.15, 0.2) is 0 Å². The topological polar surface area (TPSA) is 66.0 Å². The highest BCUT2D eigenvalue weighted by Crippen LogP contribution is 2.60. The SMILES string of the molecule is CC(C)c1cc(C(C)C)c(CNc2ccc(C3=CC=C(c4ccc(OCCOCCOCCOC(=O)C56CC7CC(CC(C7)C5)C6)cc4)CC=C3)cc2)c(C(C)C)c1. The number of esters is 1. The Kier molecular flexibility index (Phi) is 14.0. The normalized spacial score (nSPS) is 22.3. The van der Waals surface area contributed by atoms with Crippen molar-refractivity contribution >= 4 is 22.8 Å². The maximum absolute atomic E-state index is 13.0. The smallest absolute Gasteiger partial charge is 0.312 e. The van der Waals surface area contributed by atoms with Crippen LogP contribution in [-0.4, -0.2) is 45.6 Å². The lowest BCUT2D eigenvalue weighted by Crippen LogP contribution is -2.50. The van der Waals surface area contributed by atoms with Crippen LogP contribution in [0.5, 0.6) is 5.75 Å². The zero-order chi connectivity index (χ0) is 40.6. The first-order chi connectivity index (χ1) is 28.1. The van der Waals surface area contributed by atoms with Gasteiger partial charge in [-0.2, -0.15) is 0 Å². The minimum absolute atomic E-state index is 0.0239. The average Bonchev–Trinajstić information content (AvgIpc) is 3.47. The Morgan fingerprint density at radius 3 is 1.84 bits per heavy atom. The fourth-order valence-corrected chi connectivity index (χ4v) is 10.3. The number of benzene rings is 3. The van der Waals surface area contributed by atoms with Gasteiger partial charge in [-0.3, -0.25) is 4.79 Å². The maximum atomic E-state index is 13.0. The van der Waals surface area contributed by atoms with Crippen LogP contribution in [0.2, 0.25) is 0 Å². The van der Waals surface area contributed by atoms with Crippen LogP contribution >= 0.6 is 0 Å². The molecule has 4 fully saturated rings. The first-order valence-electron chi connectivity index (χ1n) is 22.2. The summed E-state index contributed by atoms with van der Waals surface area (Å²) in [6, 6.07) is 22.0. The van der Waals surface area contributed by atoms with Crippen LogP contribution in [0.4, 0.5) is 5.69 Å². The molecule has 3 aromatic carbocycles. The summed E-state index contributed by atoms with van der Waals surface area (Å²) in [5.74, 6) is 4.54. The van der Waals surface area contributed by atoms with Gasteiger partial charge in [0.2, 0.25) is 0 Å². The molecule has 6 heteroatoms. The molecule has 0 radical (unpaired) electrons. The molecule has 0 aromatic heterocycles. The quantitative estimate of drug-likeness (QED) is 0.0964. The molecule has 0 heterocycles. The van der Waals surface area contributed by atoms with E-state index in [1.54, 1.807) is 0 Å². The van der Waals surface area contributed by atoms with Crippen molar-refractivity contribution in [2.45, 2.75) is 111 Å². The molecule has 0 spiro atoms. The minimum atomic E-state index is -0.199. The Hall–Kier alpha value is -4.13. The van der Waals surface area contributed by atoms with Crippen molar-refractivity contribution in [2.75, 3.05) is 45.0 Å². The number of hydrogen-bond acceptors (Lipinski definition) is 6. The van der Waals surface area contributed by atoms with E-state index in [9.17, 15) is 4.79 Å². The number of allylic oxidation sites excluding steroid dienone is 6. The molecule has 0 aliphatic heterocycles. The van der Waals surface area contributed by atoms with Crippen LogP contribution in [0.15, 0.2) is 85.0 Å². The number of anilines is 1. The number of carbonyl (C=O) groups is 1. The molecular weight excluding hydrogens is 719 g/mol. The maximum Gasteiger partial charge on any atom is 0.312 e. The van der Waals surface area contributed by atoms with Crippen LogP contribution in [0.1, 0.15) is 138 Å². The predicted molar refractivity (Wildman–Crippen MR) is 237 cm³/mol. The Morgan fingerprint density at radius 1 is 0.690 bits per heavy atom. The summed E-state index contributed by atoms with van der Waals surface area (Å²) in [6.45, 7) is 17.3. The average molecular weight is 786 g/mol. The molecule has 58 heavy (non-hydrogen) atoms. The molecule has 0 saturated heterocycles. The van der Waals surface area contributed by atoms with E-state index in [1.165, 1.54) is 63.8 Å². The van der Waals surface area contributed by atoms with Gasteiger partial charge in [0.1, 0.15) is 19.0 Å². The molecule has 1 N–H and O–H groups in total. The van der Waals surface area contributed by atoms with E-state index < -0.39 is 0 Å². The number of nitrogens with one attached hydrogen (secondary N) is 1. The number of carbonyl (C=O) groups excluding carboxylic acids is 1. The summed E-state index contributed by atoms with van der Waals surface area (Å²) in [7, 11) is 0. The van der Waals surface area contributed by atoms with Gasteiger partial charge in [-0.15, -0.1) is 0 Å². The van der Waals surface area contributed by atoms with Crippen molar-refractivity contribution in [1.29, 1.82) is 0 Å². The molecule has 0 amide bonds. The third kappa shape index (κ3) is 10.4.